The number of rotatable bonds is 7. The van der Waals surface area contributed by atoms with Crippen molar-refractivity contribution in [2.24, 2.45) is 0 Å². The molecule has 1 aromatic rings. The van der Waals surface area contributed by atoms with Crippen molar-refractivity contribution in [2.45, 2.75) is 45.3 Å². The highest BCUT2D eigenvalue weighted by molar-refractivity contribution is 6.33. The number of hydrogen-bond donors (Lipinski definition) is 2. The Bertz CT molecular complexity index is 371. The molecule has 4 heteroatoms. The summed E-state index contributed by atoms with van der Waals surface area (Å²) in [6.45, 7) is 4.79. The SMILES string of the molecule is CCCCC(C)NCC(O)c1cc(Cl)ccc1Cl. The van der Waals surface area contributed by atoms with Crippen LogP contribution in [0.3, 0.4) is 0 Å². The van der Waals surface area contributed by atoms with Gasteiger partial charge in [-0.3, -0.25) is 0 Å². The molecule has 102 valence electrons. The summed E-state index contributed by atoms with van der Waals surface area (Å²) < 4.78 is 0. The summed E-state index contributed by atoms with van der Waals surface area (Å²) in [6.07, 6.45) is 2.88. The van der Waals surface area contributed by atoms with E-state index in [0.717, 1.165) is 6.42 Å². The smallest absolute Gasteiger partial charge is 0.0929 e. The van der Waals surface area contributed by atoms with Gasteiger partial charge in [0, 0.05) is 28.2 Å². The molecule has 0 spiro atoms. The minimum absolute atomic E-state index is 0.401. The van der Waals surface area contributed by atoms with Crippen molar-refractivity contribution in [3.63, 3.8) is 0 Å². The van der Waals surface area contributed by atoms with Crippen LogP contribution >= 0.6 is 23.2 Å². The maximum absolute atomic E-state index is 10.1. The molecule has 2 nitrogen and oxygen atoms in total. The molecule has 0 bridgehead atoms. The zero-order valence-corrected chi connectivity index (χ0v) is 12.4. The van der Waals surface area contributed by atoms with Crippen LogP contribution in [0.25, 0.3) is 0 Å². The molecule has 1 aromatic carbocycles. The quantitative estimate of drug-likeness (QED) is 0.789. The van der Waals surface area contributed by atoms with Crippen LogP contribution in [0, 0.1) is 0 Å². The number of nitrogens with one attached hydrogen (secondary N) is 1. The third-order valence-electron chi connectivity index (χ3n) is 2.97. The molecule has 0 saturated carbocycles. The number of unbranched alkanes of at least 4 members (excludes halogenated alkanes) is 1. The lowest BCUT2D eigenvalue weighted by atomic mass is 10.1. The zero-order valence-electron chi connectivity index (χ0n) is 10.9. The second kappa shape index (κ2) is 8.00. The lowest BCUT2D eigenvalue weighted by Crippen LogP contribution is -2.30. The lowest BCUT2D eigenvalue weighted by molar-refractivity contribution is 0.170. The fourth-order valence-electron chi connectivity index (χ4n) is 1.81. The highest BCUT2D eigenvalue weighted by Crippen LogP contribution is 2.26. The first-order valence-corrected chi connectivity index (χ1v) is 7.16. The molecule has 0 amide bonds. The molecule has 18 heavy (non-hydrogen) atoms. The minimum atomic E-state index is -0.625. The average molecular weight is 290 g/mol. The van der Waals surface area contributed by atoms with E-state index in [-0.39, 0.29) is 0 Å². The Morgan fingerprint density at radius 1 is 1.33 bits per heavy atom. The van der Waals surface area contributed by atoms with E-state index < -0.39 is 6.10 Å². The molecule has 1 rings (SSSR count). The van der Waals surface area contributed by atoms with Gasteiger partial charge in [0.1, 0.15) is 0 Å². The summed E-state index contributed by atoms with van der Waals surface area (Å²) in [5.74, 6) is 0. The van der Waals surface area contributed by atoms with Gasteiger partial charge in [0.2, 0.25) is 0 Å². The Balaban J connectivity index is 2.49. The highest BCUT2D eigenvalue weighted by Gasteiger charge is 2.13. The van der Waals surface area contributed by atoms with E-state index in [4.69, 9.17) is 23.2 Å². The van der Waals surface area contributed by atoms with Crippen LogP contribution in [0.5, 0.6) is 0 Å². The fraction of sp³-hybridized carbons (Fsp3) is 0.571. The predicted octanol–water partition coefficient (Wildman–Crippen LogP) is 4.20. The van der Waals surface area contributed by atoms with Crippen molar-refractivity contribution in [1.29, 1.82) is 0 Å². The molecule has 2 N–H and O–H groups in total. The van der Waals surface area contributed by atoms with Gasteiger partial charge in [-0.15, -0.1) is 0 Å². The minimum Gasteiger partial charge on any atom is -0.387 e. The Kier molecular flexibility index (Phi) is 7.02. The van der Waals surface area contributed by atoms with Crippen molar-refractivity contribution in [1.82, 2.24) is 5.32 Å². The summed E-state index contributed by atoms with van der Waals surface area (Å²) in [5, 5.41) is 14.5. The molecule has 2 atom stereocenters. The van der Waals surface area contributed by atoms with Gasteiger partial charge in [0.25, 0.3) is 0 Å². The molecule has 0 heterocycles. The predicted molar refractivity (Wildman–Crippen MR) is 78.4 cm³/mol. The van der Waals surface area contributed by atoms with Gasteiger partial charge in [-0.25, -0.2) is 0 Å². The van der Waals surface area contributed by atoms with Gasteiger partial charge in [-0.05, 0) is 31.5 Å². The van der Waals surface area contributed by atoms with E-state index in [0.29, 0.717) is 28.2 Å². The van der Waals surface area contributed by atoms with Crippen molar-refractivity contribution in [2.75, 3.05) is 6.54 Å². The number of benzene rings is 1. The highest BCUT2D eigenvalue weighted by atomic mass is 35.5. The van der Waals surface area contributed by atoms with Crippen LogP contribution in [0.4, 0.5) is 0 Å². The van der Waals surface area contributed by atoms with Crippen molar-refractivity contribution in [3.05, 3.63) is 33.8 Å². The van der Waals surface area contributed by atoms with Gasteiger partial charge in [-0.2, -0.15) is 0 Å². The molecule has 0 radical (unpaired) electrons. The van der Waals surface area contributed by atoms with E-state index in [2.05, 4.69) is 19.2 Å². The maximum Gasteiger partial charge on any atom is 0.0929 e. The van der Waals surface area contributed by atoms with Gasteiger partial charge in [-0.1, -0.05) is 43.0 Å². The van der Waals surface area contributed by atoms with Crippen molar-refractivity contribution >= 4 is 23.2 Å². The normalized spacial score (nSPS) is 14.5. The zero-order chi connectivity index (χ0) is 13.5. The van der Waals surface area contributed by atoms with Crippen LogP contribution in [-0.2, 0) is 0 Å². The summed E-state index contributed by atoms with van der Waals surface area (Å²) in [4.78, 5) is 0. The van der Waals surface area contributed by atoms with Crippen LogP contribution in [-0.4, -0.2) is 17.7 Å². The maximum atomic E-state index is 10.1. The average Bonchev–Trinajstić information content (AvgIpc) is 2.36. The molecule has 0 fully saturated rings. The first kappa shape index (κ1) is 15.8. The topological polar surface area (TPSA) is 32.3 Å². The van der Waals surface area contributed by atoms with E-state index in [1.807, 2.05) is 0 Å². The number of aliphatic hydroxyl groups is 1. The largest absolute Gasteiger partial charge is 0.387 e. The number of halogens is 2. The molecular weight excluding hydrogens is 269 g/mol. The number of aliphatic hydroxyl groups excluding tert-OH is 1. The van der Waals surface area contributed by atoms with Gasteiger partial charge in [0.15, 0.2) is 0 Å². The van der Waals surface area contributed by atoms with Crippen LogP contribution < -0.4 is 5.32 Å². The van der Waals surface area contributed by atoms with E-state index in [1.165, 1.54) is 12.8 Å². The van der Waals surface area contributed by atoms with Gasteiger partial charge < -0.3 is 10.4 Å². The Morgan fingerprint density at radius 2 is 2.06 bits per heavy atom. The molecule has 0 aliphatic carbocycles. The first-order chi connectivity index (χ1) is 8.54. The lowest BCUT2D eigenvalue weighted by Gasteiger charge is -2.18. The fourth-order valence-corrected chi connectivity index (χ4v) is 2.23. The standard InChI is InChI=1S/C14H21Cl2NO/c1-3-4-5-10(2)17-9-14(18)12-8-11(15)6-7-13(12)16/h6-8,10,14,17-18H,3-5,9H2,1-2H3. The van der Waals surface area contributed by atoms with Crippen molar-refractivity contribution in [3.8, 4) is 0 Å². The monoisotopic (exact) mass is 289 g/mol. The Hall–Kier alpha value is -0.280. The van der Waals surface area contributed by atoms with Gasteiger partial charge in [0.05, 0.1) is 6.10 Å². The molecule has 0 saturated heterocycles. The van der Waals surface area contributed by atoms with E-state index in [1.54, 1.807) is 18.2 Å². The van der Waals surface area contributed by atoms with E-state index in [9.17, 15) is 5.11 Å². The summed E-state index contributed by atoms with van der Waals surface area (Å²) in [6, 6.07) is 5.55. The summed E-state index contributed by atoms with van der Waals surface area (Å²) in [5.41, 5.74) is 0.680. The third kappa shape index (κ3) is 5.15. The van der Waals surface area contributed by atoms with Crippen molar-refractivity contribution < 1.29 is 5.11 Å². The summed E-state index contributed by atoms with van der Waals surface area (Å²) in [7, 11) is 0. The van der Waals surface area contributed by atoms with Crippen LogP contribution in [0.1, 0.15) is 44.8 Å². The third-order valence-corrected chi connectivity index (χ3v) is 3.55. The van der Waals surface area contributed by atoms with Gasteiger partial charge >= 0.3 is 0 Å². The van der Waals surface area contributed by atoms with Crippen LogP contribution in [0.2, 0.25) is 10.0 Å². The first-order valence-electron chi connectivity index (χ1n) is 6.41. The van der Waals surface area contributed by atoms with E-state index >= 15 is 0 Å². The Morgan fingerprint density at radius 3 is 2.72 bits per heavy atom. The molecule has 2 unspecified atom stereocenters. The summed E-state index contributed by atoms with van der Waals surface area (Å²) >= 11 is 11.9. The molecule has 0 aliphatic heterocycles. The molecule has 0 aliphatic rings. The van der Waals surface area contributed by atoms with Crippen LogP contribution in [0.15, 0.2) is 18.2 Å². The number of hydrogen-bond acceptors (Lipinski definition) is 2. The second-order valence-corrected chi connectivity index (χ2v) is 5.48. The molecule has 0 aromatic heterocycles. The Labute approximate surface area is 119 Å². The second-order valence-electron chi connectivity index (χ2n) is 4.63. The molecular formula is C14H21Cl2NO.